The second-order valence-electron chi connectivity index (χ2n) is 8.88. The van der Waals surface area contributed by atoms with Crippen LogP contribution in [-0.2, 0) is 0 Å². The molecule has 0 spiro atoms. The van der Waals surface area contributed by atoms with Crippen LogP contribution < -0.4 is 0 Å². The summed E-state index contributed by atoms with van der Waals surface area (Å²) in [5.41, 5.74) is 6.84. The summed E-state index contributed by atoms with van der Waals surface area (Å²) in [5.74, 6) is 0.512. The van der Waals surface area contributed by atoms with Crippen molar-refractivity contribution < 1.29 is 4.39 Å². The van der Waals surface area contributed by atoms with Crippen molar-refractivity contribution in [2.24, 2.45) is 0 Å². The molecule has 0 saturated carbocycles. The van der Waals surface area contributed by atoms with Crippen LogP contribution in [0, 0.1) is 5.82 Å². The number of aromatic nitrogens is 6. The first kappa shape index (κ1) is 21.9. The third-order valence-corrected chi connectivity index (χ3v) is 6.60. The molecule has 6 nitrogen and oxygen atoms in total. The van der Waals surface area contributed by atoms with E-state index in [-0.39, 0.29) is 5.82 Å². The van der Waals surface area contributed by atoms with Crippen molar-refractivity contribution in [3.05, 3.63) is 122 Å². The van der Waals surface area contributed by atoms with Crippen molar-refractivity contribution >= 4 is 21.8 Å². The van der Waals surface area contributed by atoms with Gasteiger partial charge in [-0.15, -0.1) is 0 Å². The first-order chi connectivity index (χ1) is 18.7. The van der Waals surface area contributed by atoms with Gasteiger partial charge in [-0.3, -0.25) is 9.55 Å². The van der Waals surface area contributed by atoms with Gasteiger partial charge in [-0.05, 0) is 65.7 Å². The molecule has 0 N–H and O–H groups in total. The Bertz CT molecular complexity index is 1860. The Labute approximate surface area is 217 Å². The van der Waals surface area contributed by atoms with E-state index in [9.17, 15) is 4.39 Å². The quantitative estimate of drug-likeness (QED) is 0.266. The van der Waals surface area contributed by atoms with Gasteiger partial charge in [-0.2, -0.15) is 0 Å². The monoisotopic (exact) mass is 494 g/mol. The van der Waals surface area contributed by atoms with Crippen LogP contribution in [0.1, 0.15) is 0 Å². The average molecular weight is 495 g/mol. The minimum Gasteiger partial charge on any atom is -0.292 e. The van der Waals surface area contributed by atoms with Gasteiger partial charge in [0.25, 0.3) is 0 Å². The predicted octanol–water partition coefficient (Wildman–Crippen LogP) is 6.90. The molecule has 0 aliphatic rings. The van der Waals surface area contributed by atoms with E-state index in [0.717, 1.165) is 50.0 Å². The largest absolute Gasteiger partial charge is 0.292 e. The molecule has 0 aliphatic heterocycles. The summed E-state index contributed by atoms with van der Waals surface area (Å²) in [4.78, 5) is 22.5. The number of pyridine rings is 3. The molecule has 0 saturated heterocycles. The molecule has 0 radical (unpaired) electrons. The van der Waals surface area contributed by atoms with E-state index < -0.39 is 0 Å². The van der Waals surface area contributed by atoms with Crippen LogP contribution in [0.3, 0.4) is 0 Å². The number of benzene rings is 2. The highest BCUT2D eigenvalue weighted by molar-refractivity contribution is 6.08. The van der Waals surface area contributed by atoms with Crippen LogP contribution in [0.2, 0.25) is 0 Å². The molecule has 2 aromatic carbocycles. The van der Waals surface area contributed by atoms with Gasteiger partial charge in [0.05, 0.1) is 34.3 Å². The van der Waals surface area contributed by atoms with Crippen molar-refractivity contribution in [2.45, 2.75) is 0 Å². The summed E-state index contributed by atoms with van der Waals surface area (Å²) >= 11 is 0. The van der Waals surface area contributed by atoms with Crippen molar-refractivity contribution in [3.63, 3.8) is 0 Å². The highest BCUT2D eigenvalue weighted by Crippen LogP contribution is 2.32. The Morgan fingerprint density at radius 3 is 2.18 bits per heavy atom. The lowest BCUT2D eigenvalue weighted by atomic mass is 10.0. The molecular weight excluding hydrogens is 475 g/mol. The van der Waals surface area contributed by atoms with Gasteiger partial charge in [-0.25, -0.2) is 24.3 Å². The number of hydrogen-bond donors (Lipinski definition) is 0. The highest BCUT2D eigenvalue weighted by Gasteiger charge is 2.14. The van der Waals surface area contributed by atoms with Crippen LogP contribution in [0.15, 0.2) is 116 Å². The van der Waals surface area contributed by atoms with Crippen molar-refractivity contribution in [3.8, 4) is 39.6 Å². The zero-order valence-electron chi connectivity index (χ0n) is 20.0. The Hall–Kier alpha value is -5.30. The Kier molecular flexibility index (Phi) is 5.18. The number of nitrogens with zero attached hydrogens (tertiary/aromatic N) is 6. The van der Waals surface area contributed by atoms with Gasteiger partial charge in [-0.1, -0.05) is 30.3 Å². The summed E-state index contributed by atoms with van der Waals surface area (Å²) in [7, 11) is 0. The summed E-state index contributed by atoms with van der Waals surface area (Å²) in [6.45, 7) is 0. The van der Waals surface area contributed by atoms with Gasteiger partial charge >= 0.3 is 0 Å². The minimum atomic E-state index is -0.279. The van der Waals surface area contributed by atoms with Crippen LogP contribution in [0.5, 0.6) is 0 Å². The number of hydrogen-bond acceptors (Lipinski definition) is 5. The molecule has 7 rings (SSSR count). The molecule has 0 fully saturated rings. The topological polar surface area (TPSA) is 69.4 Å². The van der Waals surface area contributed by atoms with Gasteiger partial charge in [0, 0.05) is 34.9 Å². The van der Waals surface area contributed by atoms with Crippen molar-refractivity contribution in [1.82, 2.24) is 29.5 Å². The number of para-hydroxylation sites is 1. The molecule has 7 aromatic rings. The molecule has 0 atom stereocenters. The van der Waals surface area contributed by atoms with Crippen LogP contribution in [-0.4, -0.2) is 29.5 Å². The fraction of sp³-hybridized carbons (Fsp3) is 0. The normalized spacial score (nSPS) is 11.3. The van der Waals surface area contributed by atoms with E-state index in [0.29, 0.717) is 11.4 Å². The van der Waals surface area contributed by atoms with Crippen molar-refractivity contribution in [1.29, 1.82) is 0 Å². The maximum absolute atomic E-state index is 13.6. The SMILES string of the molecule is Fc1ccc(-c2cc(-c3ccc(-n4c5ccccc5c5ccncc54)nc3)nc(-c3ccncn3)c2)cc1. The first-order valence-corrected chi connectivity index (χ1v) is 12.1. The molecule has 0 amide bonds. The molecule has 180 valence electrons. The van der Waals surface area contributed by atoms with Crippen LogP contribution >= 0.6 is 0 Å². The molecule has 0 bridgehead atoms. The third kappa shape index (κ3) is 3.77. The van der Waals surface area contributed by atoms with E-state index in [4.69, 9.17) is 9.97 Å². The lowest BCUT2D eigenvalue weighted by Gasteiger charge is -2.11. The first-order valence-electron chi connectivity index (χ1n) is 12.1. The summed E-state index contributed by atoms with van der Waals surface area (Å²) < 4.78 is 15.7. The Balaban J connectivity index is 1.36. The standard InChI is InChI=1S/C31H19FN6/c32-23-8-5-20(6-9-23)22-15-27(37-28(16-22)26-12-14-34-19-36-26)21-7-10-31(35-17-21)38-29-4-2-1-3-24(29)25-11-13-33-18-30(25)38/h1-19H. The van der Waals surface area contributed by atoms with Gasteiger partial charge in [0.15, 0.2) is 0 Å². The van der Waals surface area contributed by atoms with E-state index in [2.05, 4.69) is 31.7 Å². The van der Waals surface area contributed by atoms with Gasteiger partial charge in [0.2, 0.25) is 0 Å². The summed E-state index contributed by atoms with van der Waals surface area (Å²) in [6.07, 6.45) is 8.69. The predicted molar refractivity (Wildman–Crippen MR) is 146 cm³/mol. The fourth-order valence-corrected chi connectivity index (χ4v) is 4.80. The maximum atomic E-state index is 13.6. The molecule has 7 heteroatoms. The number of rotatable bonds is 4. The highest BCUT2D eigenvalue weighted by atomic mass is 19.1. The van der Waals surface area contributed by atoms with Crippen LogP contribution in [0.4, 0.5) is 4.39 Å². The second-order valence-corrected chi connectivity index (χ2v) is 8.88. The third-order valence-electron chi connectivity index (χ3n) is 6.60. The zero-order valence-corrected chi connectivity index (χ0v) is 20.0. The fourth-order valence-electron chi connectivity index (χ4n) is 4.80. The van der Waals surface area contributed by atoms with Crippen LogP contribution in [0.25, 0.3) is 61.4 Å². The molecule has 5 aromatic heterocycles. The van der Waals surface area contributed by atoms with E-state index in [1.165, 1.54) is 18.5 Å². The second kappa shape index (κ2) is 8.97. The molecule has 5 heterocycles. The number of fused-ring (bicyclic) bond motifs is 3. The number of halogens is 1. The summed E-state index contributed by atoms with van der Waals surface area (Å²) in [5, 5.41) is 2.28. The van der Waals surface area contributed by atoms with Crippen molar-refractivity contribution in [2.75, 3.05) is 0 Å². The Morgan fingerprint density at radius 2 is 1.37 bits per heavy atom. The lowest BCUT2D eigenvalue weighted by Crippen LogP contribution is -1.98. The van der Waals surface area contributed by atoms with E-state index in [1.807, 2.05) is 67.1 Å². The molecule has 38 heavy (non-hydrogen) atoms. The van der Waals surface area contributed by atoms with Gasteiger partial charge < -0.3 is 0 Å². The van der Waals surface area contributed by atoms with E-state index in [1.54, 1.807) is 18.3 Å². The zero-order chi connectivity index (χ0) is 25.5. The molecular formula is C31H19FN6. The maximum Gasteiger partial charge on any atom is 0.137 e. The smallest absolute Gasteiger partial charge is 0.137 e. The van der Waals surface area contributed by atoms with E-state index >= 15 is 0 Å². The minimum absolute atomic E-state index is 0.279. The Morgan fingerprint density at radius 1 is 0.579 bits per heavy atom. The average Bonchev–Trinajstić information content (AvgIpc) is 3.32. The summed E-state index contributed by atoms with van der Waals surface area (Å²) in [6, 6.07) is 26.5. The lowest BCUT2D eigenvalue weighted by molar-refractivity contribution is 0.628. The van der Waals surface area contributed by atoms with Gasteiger partial charge in [0.1, 0.15) is 18.0 Å². The molecule has 0 aliphatic carbocycles. The molecule has 0 unspecified atom stereocenters.